The number of aryl methyl sites for hydroxylation is 1. The minimum absolute atomic E-state index is 0.145. The molecule has 1 atom stereocenters. The van der Waals surface area contributed by atoms with Gasteiger partial charge in [0, 0.05) is 29.3 Å². The third kappa shape index (κ3) is 2.98. The van der Waals surface area contributed by atoms with E-state index in [1.807, 2.05) is 9.80 Å². The molecule has 3 heterocycles. The van der Waals surface area contributed by atoms with Crippen LogP contribution in [0.25, 0.3) is 0 Å². The average molecular weight is 306 g/mol. The zero-order valence-corrected chi connectivity index (χ0v) is 13.3. The quantitative estimate of drug-likeness (QED) is 0.860. The molecule has 0 aromatic carbocycles. The first-order valence-electron chi connectivity index (χ1n) is 7.85. The molecular weight excluding hydrogens is 284 g/mol. The van der Waals surface area contributed by atoms with Crippen LogP contribution in [0.4, 0.5) is 0 Å². The van der Waals surface area contributed by atoms with Gasteiger partial charge in [-0.05, 0) is 37.8 Å². The first kappa shape index (κ1) is 14.6. The van der Waals surface area contributed by atoms with Gasteiger partial charge in [0.1, 0.15) is 6.04 Å². The normalized spacial score (nSPS) is 23.2. The van der Waals surface area contributed by atoms with Gasteiger partial charge in [0.15, 0.2) is 0 Å². The lowest BCUT2D eigenvalue weighted by Crippen LogP contribution is -2.49. The molecule has 1 aromatic rings. The first-order valence-corrected chi connectivity index (χ1v) is 8.66. The number of fused-ring (bicyclic) bond motifs is 1. The molecule has 114 valence electrons. The van der Waals surface area contributed by atoms with Gasteiger partial charge in [0.25, 0.3) is 0 Å². The predicted octanol–water partition coefficient (Wildman–Crippen LogP) is 2.42. The second kappa shape index (κ2) is 6.18. The first-order chi connectivity index (χ1) is 10.2. The molecule has 2 fully saturated rings. The Hall–Kier alpha value is -1.36. The van der Waals surface area contributed by atoms with Crippen LogP contribution in [-0.4, -0.2) is 40.7 Å². The number of piperidine rings is 1. The van der Waals surface area contributed by atoms with E-state index in [-0.39, 0.29) is 17.9 Å². The third-order valence-corrected chi connectivity index (χ3v) is 5.64. The van der Waals surface area contributed by atoms with E-state index in [1.54, 1.807) is 11.3 Å². The maximum Gasteiger partial charge on any atom is 0.245 e. The Labute approximate surface area is 129 Å². The van der Waals surface area contributed by atoms with Crippen molar-refractivity contribution in [2.24, 2.45) is 0 Å². The molecule has 2 aliphatic rings. The second-order valence-corrected chi connectivity index (χ2v) is 7.08. The van der Waals surface area contributed by atoms with Crippen molar-refractivity contribution in [3.8, 4) is 0 Å². The van der Waals surface area contributed by atoms with Gasteiger partial charge in [-0.2, -0.15) is 0 Å². The molecule has 0 aliphatic carbocycles. The zero-order chi connectivity index (χ0) is 14.8. The molecule has 2 aliphatic heterocycles. The van der Waals surface area contributed by atoms with Gasteiger partial charge < -0.3 is 9.80 Å². The summed E-state index contributed by atoms with van der Waals surface area (Å²) in [4.78, 5) is 31.2. The molecule has 0 bridgehead atoms. The molecule has 3 rings (SSSR count). The number of carbonyl (C=O) groups is 2. The smallest absolute Gasteiger partial charge is 0.245 e. The molecule has 2 amide bonds. The van der Waals surface area contributed by atoms with Gasteiger partial charge >= 0.3 is 0 Å². The van der Waals surface area contributed by atoms with Gasteiger partial charge in [-0.15, -0.1) is 11.3 Å². The van der Waals surface area contributed by atoms with E-state index >= 15 is 0 Å². The fraction of sp³-hybridized carbons (Fsp3) is 0.625. The number of amides is 2. The fourth-order valence-electron chi connectivity index (χ4n) is 3.22. The van der Waals surface area contributed by atoms with E-state index in [0.29, 0.717) is 19.5 Å². The molecule has 1 aromatic heterocycles. The molecule has 0 N–H and O–H groups in total. The SMILES string of the molecule is CCc1ccc(CN2CCC(=O)N3CCCCC3C2=O)s1. The Kier molecular flexibility index (Phi) is 4.29. The summed E-state index contributed by atoms with van der Waals surface area (Å²) < 4.78 is 0. The van der Waals surface area contributed by atoms with Crippen molar-refractivity contribution in [3.63, 3.8) is 0 Å². The lowest BCUT2D eigenvalue weighted by atomic mass is 10.0. The predicted molar refractivity (Wildman–Crippen MR) is 83.1 cm³/mol. The number of thiophene rings is 1. The average Bonchev–Trinajstić information content (AvgIpc) is 2.93. The highest BCUT2D eigenvalue weighted by molar-refractivity contribution is 7.11. The minimum atomic E-state index is -0.209. The van der Waals surface area contributed by atoms with Gasteiger partial charge in [0.05, 0.1) is 6.54 Å². The van der Waals surface area contributed by atoms with Crippen LogP contribution in [0, 0.1) is 0 Å². The number of hydrogen-bond acceptors (Lipinski definition) is 3. The van der Waals surface area contributed by atoms with Crippen molar-refractivity contribution < 1.29 is 9.59 Å². The number of carbonyl (C=O) groups excluding carboxylic acids is 2. The molecule has 4 nitrogen and oxygen atoms in total. The summed E-state index contributed by atoms with van der Waals surface area (Å²) in [6, 6.07) is 4.04. The summed E-state index contributed by atoms with van der Waals surface area (Å²) >= 11 is 1.77. The number of hydrogen-bond donors (Lipinski definition) is 0. The molecule has 0 spiro atoms. The molecule has 5 heteroatoms. The Morgan fingerprint density at radius 1 is 1.19 bits per heavy atom. The van der Waals surface area contributed by atoms with Gasteiger partial charge in [-0.1, -0.05) is 6.92 Å². The van der Waals surface area contributed by atoms with Crippen molar-refractivity contribution in [2.45, 2.75) is 51.6 Å². The van der Waals surface area contributed by atoms with Gasteiger partial charge in [-0.3, -0.25) is 9.59 Å². The molecule has 2 saturated heterocycles. The standard InChI is InChI=1S/C16H22N2O2S/c1-2-12-6-7-13(21-12)11-17-10-8-15(19)18-9-4-3-5-14(18)16(17)20/h6-7,14H,2-5,8-11H2,1H3. The maximum absolute atomic E-state index is 12.7. The summed E-state index contributed by atoms with van der Waals surface area (Å²) in [6.07, 6.45) is 4.40. The highest BCUT2D eigenvalue weighted by Gasteiger charge is 2.37. The Bertz CT molecular complexity index is 540. The van der Waals surface area contributed by atoms with Crippen molar-refractivity contribution >= 4 is 23.2 Å². The van der Waals surface area contributed by atoms with E-state index in [0.717, 1.165) is 32.2 Å². The van der Waals surface area contributed by atoms with E-state index in [2.05, 4.69) is 19.1 Å². The van der Waals surface area contributed by atoms with Crippen LogP contribution in [0.5, 0.6) is 0 Å². The highest BCUT2D eigenvalue weighted by Crippen LogP contribution is 2.25. The largest absolute Gasteiger partial charge is 0.335 e. The van der Waals surface area contributed by atoms with E-state index in [9.17, 15) is 9.59 Å². The van der Waals surface area contributed by atoms with E-state index < -0.39 is 0 Å². The Morgan fingerprint density at radius 2 is 2.00 bits per heavy atom. The fourth-order valence-corrected chi connectivity index (χ4v) is 4.20. The second-order valence-electron chi connectivity index (χ2n) is 5.83. The summed E-state index contributed by atoms with van der Waals surface area (Å²) in [6.45, 7) is 4.11. The molecular formula is C16H22N2O2S. The van der Waals surface area contributed by atoms with Crippen molar-refractivity contribution in [3.05, 3.63) is 21.9 Å². The lowest BCUT2D eigenvalue weighted by molar-refractivity contribution is -0.143. The molecule has 0 saturated carbocycles. The van der Waals surface area contributed by atoms with Gasteiger partial charge in [-0.25, -0.2) is 0 Å². The summed E-state index contributed by atoms with van der Waals surface area (Å²) in [5.74, 6) is 0.294. The van der Waals surface area contributed by atoms with Crippen molar-refractivity contribution in [1.29, 1.82) is 0 Å². The minimum Gasteiger partial charge on any atom is -0.335 e. The van der Waals surface area contributed by atoms with Gasteiger partial charge in [0.2, 0.25) is 11.8 Å². The van der Waals surface area contributed by atoms with Crippen LogP contribution in [0.2, 0.25) is 0 Å². The van der Waals surface area contributed by atoms with Crippen molar-refractivity contribution in [2.75, 3.05) is 13.1 Å². The van der Waals surface area contributed by atoms with Crippen LogP contribution in [-0.2, 0) is 22.6 Å². The Morgan fingerprint density at radius 3 is 2.76 bits per heavy atom. The highest BCUT2D eigenvalue weighted by atomic mass is 32.1. The molecule has 21 heavy (non-hydrogen) atoms. The zero-order valence-electron chi connectivity index (χ0n) is 12.5. The van der Waals surface area contributed by atoms with Crippen molar-refractivity contribution in [1.82, 2.24) is 9.80 Å². The maximum atomic E-state index is 12.7. The monoisotopic (exact) mass is 306 g/mol. The van der Waals surface area contributed by atoms with Crippen LogP contribution in [0.1, 0.15) is 42.4 Å². The van der Waals surface area contributed by atoms with E-state index in [4.69, 9.17) is 0 Å². The molecule has 1 unspecified atom stereocenters. The Balaban J connectivity index is 1.75. The summed E-state index contributed by atoms with van der Waals surface area (Å²) in [5, 5.41) is 0. The number of nitrogens with zero attached hydrogens (tertiary/aromatic N) is 2. The summed E-state index contributed by atoms with van der Waals surface area (Å²) in [5.41, 5.74) is 0. The van der Waals surface area contributed by atoms with Crippen LogP contribution < -0.4 is 0 Å². The van der Waals surface area contributed by atoms with Crippen LogP contribution >= 0.6 is 11.3 Å². The summed E-state index contributed by atoms with van der Waals surface area (Å²) in [7, 11) is 0. The van der Waals surface area contributed by atoms with Crippen LogP contribution in [0.3, 0.4) is 0 Å². The van der Waals surface area contributed by atoms with Crippen LogP contribution in [0.15, 0.2) is 12.1 Å². The number of rotatable bonds is 3. The lowest BCUT2D eigenvalue weighted by Gasteiger charge is -2.34. The van der Waals surface area contributed by atoms with E-state index in [1.165, 1.54) is 9.75 Å². The molecule has 0 radical (unpaired) electrons. The topological polar surface area (TPSA) is 40.6 Å². The third-order valence-electron chi connectivity index (χ3n) is 4.43.